The number of rotatable bonds is 2. The molecule has 1 fully saturated rings. The van der Waals surface area contributed by atoms with E-state index in [1.807, 2.05) is 18.2 Å². The third kappa shape index (κ3) is 2.66. The third-order valence-electron chi connectivity index (χ3n) is 3.79. The van der Waals surface area contributed by atoms with Gasteiger partial charge in [-0.25, -0.2) is 4.98 Å². The van der Waals surface area contributed by atoms with Crippen LogP contribution in [0.2, 0.25) is 5.02 Å². The minimum absolute atomic E-state index is 0.0424. The van der Waals surface area contributed by atoms with Crippen LogP contribution in [-0.4, -0.2) is 46.5 Å². The average molecular weight is 305 g/mol. The number of nitrogens with one attached hydrogen (secondary N) is 1. The zero-order valence-corrected chi connectivity index (χ0v) is 12.4. The molecular weight excluding hydrogens is 288 g/mol. The highest BCUT2D eigenvalue weighted by molar-refractivity contribution is 6.34. The number of imidazole rings is 1. The van der Waals surface area contributed by atoms with Gasteiger partial charge < -0.3 is 14.8 Å². The highest BCUT2D eigenvalue weighted by Crippen LogP contribution is 2.26. The molecule has 1 atom stereocenters. The molecule has 0 aliphatic carbocycles. The standard InChI is InChI=1S/C15H17ClN4O/c1-2-14(21)19-7-6-17-8-11(9-19)20-10-18-13-5-3-4-12(16)15(13)20/h2-5,10-11,17H,1,6-9H2. The quantitative estimate of drug-likeness (QED) is 0.862. The van der Waals surface area contributed by atoms with Crippen molar-refractivity contribution in [3.8, 4) is 0 Å². The maximum atomic E-state index is 11.9. The molecule has 3 rings (SSSR count). The largest absolute Gasteiger partial charge is 0.336 e. The van der Waals surface area contributed by atoms with Gasteiger partial charge in [0.2, 0.25) is 5.91 Å². The van der Waals surface area contributed by atoms with Crippen molar-refractivity contribution in [2.75, 3.05) is 26.2 Å². The molecule has 5 nitrogen and oxygen atoms in total. The van der Waals surface area contributed by atoms with Crippen molar-refractivity contribution in [2.45, 2.75) is 6.04 Å². The molecule has 1 aromatic carbocycles. The summed E-state index contributed by atoms with van der Waals surface area (Å²) in [5.41, 5.74) is 1.78. The van der Waals surface area contributed by atoms with Gasteiger partial charge >= 0.3 is 0 Å². The first-order valence-corrected chi connectivity index (χ1v) is 7.31. The van der Waals surface area contributed by atoms with E-state index in [2.05, 4.69) is 21.4 Å². The summed E-state index contributed by atoms with van der Waals surface area (Å²) in [7, 11) is 0. The van der Waals surface area contributed by atoms with Crippen molar-refractivity contribution in [1.29, 1.82) is 0 Å². The van der Waals surface area contributed by atoms with Gasteiger partial charge in [-0.2, -0.15) is 0 Å². The van der Waals surface area contributed by atoms with Crippen LogP contribution in [0, 0.1) is 0 Å². The molecule has 1 saturated heterocycles. The normalized spacial score (nSPS) is 19.5. The number of hydrogen-bond acceptors (Lipinski definition) is 3. The molecular formula is C15H17ClN4O. The lowest BCUT2D eigenvalue weighted by Gasteiger charge is -2.24. The Morgan fingerprint density at radius 2 is 2.38 bits per heavy atom. The fourth-order valence-corrected chi connectivity index (χ4v) is 3.00. The van der Waals surface area contributed by atoms with Gasteiger partial charge in [-0.3, -0.25) is 4.79 Å². The molecule has 1 N–H and O–H groups in total. The number of fused-ring (bicyclic) bond motifs is 1. The van der Waals surface area contributed by atoms with E-state index in [-0.39, 0.29) is 11.9 Å². The van der Waals surface area contributed by atoms with E-state index in [1.165, 1.54) is 6.08 Å². The van der Waals surface area contributed by atoms with Gasteiger partial charge in [0.05, 0.1) is 28.4 Å². The number of para-hydroxylation sites is 1. The Labute approximate surface area is 128 Å². The van der Waals surface area contributed by atoms with Crippen molar-refractivity contribution >= 4 is 28.5 Å². The van der Waals surface area contributed by atoms with Crippen LogP contribution in [0.15, 0.2) is 37.2 Å². The van der Waals surface area contributed by atoms with Gasteiger partial charge in [-0.05, 0) is 18.2 Å². The highest BCUT2D eigenvalue weighted by Gasteiger charge is 2.23. The van der Waals surface area contributed by atoms with Crippen molar-refractivity contribution in [2.24, 2.45) is 0 Å². The van der Waals surface area contributed by atoms with Gasteiger partial charge in [0.15, 0.2) is 0 Å². The number of hydrogen-bond donors (Lipinski definition) is 1. The third-order valence-corrected chi connectivity index (χ3v) is 4.10. The summed E-state index contributed by atoms with van der Waals surface area (Å²) in [6.07, 6.45) is 3.16. The number of amides is 1. The lowest BCUT2D eigenvalue weighted by molar-refractivity contribution is -0.126. The Bertz CT molecular complexity index is 681. The smallest absolute Gasteiger partial charge is 0.246 e. The number of carbonyl (C=O) groups excluding carboxylic acids is 1. The van der Waals surface area contributed by atoms with E-state index in [1.54, 1.807) is 11.2 Å². The van der Waals surface area contributed by atoms with Crippen LogP contribution in [0.5, 0.6) is 0 Å². The average Bonchev–Trinajstić information content (AvgIpc) is 2.78. The van der Waals surface area contributed by atoms with Crippen LogP contribution in [0.4, 0.5) is 0 Å². The minimum Gasteiger partial charge on any atom is -0.336 e. The van der Waals surface area contributed by atoms with Crippen LogP contribution < -0.4 is 5.32 Å². The summed E-state index contributed by atoms with van der Waals surface area (Å²) in [6.45, 7) is 6.42. The lowest BCUT2D eigenvalue weighted by Crippen LogP contribution is -2.35. The van der Waals surface area contributed by atoms with Crippen LogP contribution >= 0.6 is 11.6 Å². The highest BCUT2D eigenvalue weighted by atomic mass is 35.5. The van der Waals surface area contributed by atoms with Gasteiger partial charge in [0.25, 0.3) is 0 Å². The number of benzene rings is 1. The summed E-state index contributed by atoms with van der Waals surface area (Å²) in [5.74, 6) is -0.0424. The summed E-state index contributed by atoms with van der Waals surface area (Å²) in [6, 6.07) is 5.79. The minimum atomic E-state index is -0.0424. The molecule has 0 saturated carbocycles. The Hall–Kier alpha value is -1.85. The fourth-order valence-electron chi connectivity index (χ4n) is 2.73. The molecule has 21 heavy (non-hydrogen) atoms. The zero-order chi connectivity index (χ0) is 14.8. The van der Waals surface area contributed by atoms with E-state index in [4.69, 9.17) is 11.6 Å². The molecule has 110 valence electrons. The van der Waals surface area contributed by atoms with E-state index < -0.39 is 0 Å². The molecule has 1 aromatic heterocycles. The number of aromatic nitrogens is 2. The Morgan fingerprint density at radius 1 is 1.52 bits per heavy atom. The maximum Gasteiger partial charge on any atom is 0.246 e. The number of nitrogens with zero attached hydrogens (tertiary/aromatic N) is 3. The first-order chi connectivity index (χ1) is 10.2. The molecule has 6 heteroatoms. The second kappa shape index (κ2) is 5.87. The first kappa shape index (κ1) is 14.1. The molecule has 1 aliphatic heterocycles. The maximum absolute atomic E-state index is 11.9. The van der Waals surface area contributed by atoms with Crippen molar-refractivity contribution in [3.05, 3.63) is 42.2 Å². The summed E-state index contributed by atoms with van der Waals surface area (Å²) < 4.78 is 2.05. The SMILES string of the molecule is C=CC(=O)N1CCNCC(n2cnc3cccc(Cl)c32)C1. The molecule has 0 bridgehead atoms. The predicted molar refractivity (Wildman–Crippen MR) is 83.4 cm³/mol. The van der Waals surface area contributed by atoms with E-state index in [9.17, 15) is 4.79 Å². The van der Waals surface area contributed by atoms with Gasteiger partial charge in [-0.1, -0.05) is 24.2 Å². The summed E-state index contributed by atoms with van der Waals surface area (Å²) in [5, 5.41) is 4.04. The first-order valence-electron chi connectivity index (χ1n) is 6.94. The second-order valence-corrected chi connectivity index (χ2v) is 5.51. The van der Waals surface area contributed by atoms with Gasteiger partial charge in [0.1, 0.15) is 0 Å². The zero-order valence-electron chi connectivity index (χ0n) is 11.6. The Balaban J connectivity index is 1.97. The molecule has 2 heterocycles. The van der Waals surface area contributed by atoms with Crippen molar-refractivity contribution in [3.63, 3.8) is 0 Å². The molecule has 2 aromatic rings. The topological polar surface area (TPSA) is 50.2 Å². The molecule has 0 spiro atoms. The fraction of sp³-hybridized carbons (Fsp3) is 0.333. The van der Waals surface area contributed by atoms with Crippen LogP contribution in [0.1, 0.15) is 6.04 Å². The predicted octanol–water partition coefficient (Wildman–Crippen LogP) is 1.85. The van der Waals surface area contributed by atoms with Crippen LogP contribution in [-0.2, 0) is 4.79 Å². The van der Waals surface area contributed by atoms with Gasteiger partial charge in [-0.15, -0.1) is 0 Å². The molecule has 1 aliphatic rings. The Morgan fingerprint density at radius 3 is 3.19 bits per heavy atom. The van der Waals surface area contributed by atoms with Gasteiger partial charge in [0, 0.05) is 26.2 Å². The number of carbonyl (C=O) groups is 1. The van der Waals surface area contributed by atoms with E-state index in [0.29, 0.717) is 18.1 Å². The molecule has 1 amide bonds. The van der Waals surface area contributed by atoms with Crippen molar-refractivity contribution in [1.82, 2.24) is 19.8 Å². The number of halogens is 1. The molecule has 0 radical (unpaired) electrons. The van der Waals surface area contributed by atoms with E-state index in [0.717, 1.165) is 24.1 Å². The van der Waals surface area contributed by atoms with Crippen molar-refractivity contribution < 1.29 is 4.79 Å². The van der Waals surface area contributed by atoms with Crippen LogP contribution in [0.3, 0.4) is 0 Å². The van der Waals surface area contributed by atoms with Crippen LogP contribution in [0.25, 0.3) is 11.0 Å². The van der Waals surface area contributed by atoms with E-state index >= 15 is 0 Å². The second-order valence-electron chi connectivity index (χ2n) is 5.11. The monoisotopic (exact) mass is 304 g/mol. The lowest BCUT2D eigenvalue weighted by atomic mass is 10.2. The Kier molecular flexibility index (Phi) is 3.94. The summed E-state index contributed by atoms with van der Waals surface area (Å²) in [4.78, 5) is 18.1. The summed E-state index contributed by atoms with van der Waals surface area (Å²) >= 11 is 6.31. The molecule has 1 unspecified atom stereocenters.